The number of nitrogens with two attached hydrogens (primary N) is 1. The lowest BCUT2D eigenvalue weighted by Gasteiger charge is -2.48. The Labute approximate surface area is 238 Å². The van der Waals surface area contributed by atoms with Gasteiger partial charge >= 0.3 is 8.80 Å². The zero-order valence-corrected chi connectivity index (χ0v) is 27.7. The van der Waals surface area contributed by atoms with Crippen molar-refractivity contribution in [1.82, 2.24) is 0 Å². The molecule has 0 aromatic rings. The highest BCUT2D eigenvalue weighted by Gasteiger charge is 2.52. The standard InChI is InChI=1S/C33H65NO3Si/c1-22(2)28-14-11-25(7)19-31(28)35-38(18-10-17-34,36-32-20-26(8)12-15-29(32)23(3)4)37-33-21-27(9)13-16-30(33)24(5)6/h22-33H,10-21,34H2,1-9H3. The number of rotatable bonds is 12. The molecule has 0 bridgehead atoms. The molecule has 0 aromatic carbocycles. The Morgan fingerprint density at radius 2 is 0.895 bits per heavy atom. The maximum atomic E-state index is 7.50. The molecule has 0 amide bonds. The third kappa shape index (κ3) is 8.78. The Bertz CT molecular complexity index is 602. The molecule has 3 aliphatic rings. The first-order chi connectivity index (χ1) is 17.9. The zero-order chi connectivity index (χ0) is 28.0. The molecule has 2 N–H and O–H groups in total. The van der Waals surface area contributed by atoms with Gasteiger partial charge < -0.3 is 19.0 Å². The van der Waals surface area contributed by atoms with E-state index in [9.17, 15) is 0 Å². The van der Waals surface area contributed by atoms with Gasteiger partial charge in [-0.25, -0.2) is 0 Å². The van der Waals surface area contributed by atoms with E-state index in [0.29, 0.717) is 59.8 Å². The summed E-state index contributed by atoms with van der Waals surface area (Å²) in [6, 6.07) is 0.866. The van der Waals surface area contributed by atoms with Gasteiger partial charge in [-0.05, 0) is 105 Å². The molecule has 3 aliphatic carbocycles. The van der Waals surface area contributed by atoms with Crippen molar-refractivity contribution in [1.29, 1.82) is 0 Å². The predicted molar refractivity (Wildman–Crippen MR) is 163 cm³/mol. The third-order valence-electron chi connectivity index (χ3n) is 10.6. The maximum absolute atomic E-state index is 7.50. The smallest absolute Gasteiger partial charge is 0.370 e. The SMILES string of the molecule is CC1CCC(C(C)C)C(O[Si](CCCN)(OC2CC(C)CCC2C(C)C)OC2CC(C)CCC2C(C)C)C1. The fourth-order valence-electron chi connectivity index (χ4n) is 8.02. The average Bonchev–Trinajstić information content (AvgIpc) is 2.82. The molecule has 0 saturated heterocycles. The van der Waals surface area contributed by atoms with Crippen LogP contribution in [0.1, 0.15) is 127 Å². The predicted octanol–water partition coefficient (Wildman–Crippen LogP) is 8.71. The summed E-state index contributed by atoms with van der Waals surface area (Å²) >= 11 is 0. The first kappa shape index (κ1) is 32.6. The fourth-order valence-corrected chi connectivity index (χ4v) is 11.4. The molecule has 4 nitrogen and oxygen atoms in total. The molecule has 5 heteroatoms. The minimum atomic E-state index is -3.01. The minimum absolute atomic E-state index is 0.236. The Kier molecular flexibility index (Phi) is 12.7. The van der Waals surface area contributed by atoms with Crippen LogP contribution in [0.4, 0.5) is 0 Å². The van der Waals surface area contributed by atoms with Crippen LogP contribution in [0.5, 0.6) is 0 Å². The Morgan fingerprint density at radius 1 is 0.579 bits per heavy atom. The number of hydrogen-bond donors (Lipinski definition) is 1. The van der Waals surface area contributed by atoms with Gasteiger partial charge in [-0.2, -0.15) is 0 Å². The molecular weight excluding hydrogens is 486 g/mol. The number of hydrogen-bond acceptors (Lipinski definition) is 4. The van der Waals surface area contributed by atoms with Gasteiger partial charge in [0.05, 0.1) is 18.3 Å². The lowest BCUT2D eigenvalue weighted by molar-refractivity contribution is -0.0956. The molecule has 0 spiro atoms. The van der Waals surface area contributed by atoms with Crippen molar-refractivity contribution in [3.8, 4) is 0 Å². The molecule has 3 rings (SSSR count). The van der Waals surface area contributed by atoms with Crippen LogP contribution in [-0.4, -0.2) is 33.7 Å². The van der Waals surface area contributed by atoms with Crippen LogP contribution in [0.25, 0.3) is 0 Å². The van der Waals surface area contributed by atoms with E-state index in [0.717, 1.165) is 31.7 Å². The van der Waals surface area contributed by atoms with Crippen molar-refractivity contribution in [3.05, 3.63) is 0 Å². The quantitative estimate of drug-likeness (QED) is 0.246. The van der Waals surface area contributed by atoms with Crippen LogP contribution < -0.4 is 5.73 Å². The van der Waals surface area contributed by atoms with Crippen molar-refractivity contribution >= 4 is 8.80 Å². The monoisotopic (exact) mass is 551 g/mol. The fraction of sp³-hybridized carbons (Fsp3) is 1.00. The normalized spacial score (nSPS) is 38.6. The maximum Gasteiger partial charge on any atom is 0.501 e. The summed E-state index contributed by atoms with van der Waals surface area (Å²) in [7, 11) is -3.01. The van der Waals surface area contributed by atoms with Crippen LogP contribution in [0.15, 0.2) is 0 Å². The van der Waals surface area contributed by atoms with E-state index >= 15 is 0 Å². The Morgan fingerprint density at radius 3 is 1.16 bits per heavy atom. The summed E-state index contributed by atoms with van der Waals surface area (Å²) in [6.45, 7) is 22.2. The average molecular weight is 552 g/mol. The molecule has 0 aromatic heterocycles. The van der Waals surface area contributed by atoms with Crippen molar-refractivity contribution in [2.45, 2.75) is 151 Å². The third-order valence-corrected chi connectivity index (χ3v) is 13.5. The largest absolute Gasteiger partial charge is 0.501 e. The topological polar surface area (TPSA) is 53.7 Å². The van der Waals surface area contributed by atoms with Gasteiger partial charge in [0, 0.05) is 6.04 Å². The highest BCUT2D eigenvalue weighted by atomic mass is 28.4. The van der Waals surface area contributed by atoms with Crippen LogP contribution in [0.2, 0.25) is 6.04 Å². The van der Waals surface area contributed by atoms with Crippen LogP contribution in [-0.2, 0) is 13.3 Å². The lowest BCUT2D eigenvalue weighted by atomic mass is 9.75. The van der Waals surface area contributed by atoms with Crippen LogP contribution >= 0.6 is 0 Å². The van der Waals surface area contributed by atoms with Crippen LogP contribution in [0.3, 0.4) is 0 Å². The summed E-state index contributed by atoms with van der Waals surface area (Å²) in [5.41, 5.74) is 6.18. The van der Waals surface area contributed by atoms with E-state index in [1.165, 1.54) is 38.5 Å². The first-order valence-corrected chi connectivity index (χ1v) is 18.6. The molecule has 9 atom stereocenters. The second-order valence-electron chi connectivity index (χ2n) is 15.0. The summed E-state index contributed by atoms with van der Waals surface area (Å²) in [5, 5.41) is 0. The summed E-state index contributed by atoms with van der Waals surface area (Å²) in [5.74, 6) is 5.70. The lowest BCUT2D eigenvalue weighted by Crippen LogP contribution is -2.58. The Balaban J connectivity index is 2.00. The van der Waals surface area contributed by atoms with Crippen molar-refractivity contribution in [2.24, 2.45) is 59.0 Å². The van der Waals surface area contributed by atoms with Gasteiger partial charge in [-0.15, -0.1) is 0 Å². The van der Waals surface area contributed by atoms with Crippen molar-refractivity contribution < 1.29 is 13.3 Å². The van der Waals surface area contributed by atoms with E-state index in [4.69, 9.17) is 19.0 Å². The van der Waals surface area contributed by atoms with Crippen LogP contribution in [0, 0.1) is 53.3 Å². The van der Waals surface area contributed by atoms with Gasteiger partial charge in [0.15, 0.2) is 0 Å². The zero-order valence-electron chi connectivity index (χ0n) is 26.7. The van der Waals surface area contributed by atoms with Gasteiger partial charge in [-0.3, -0.25) is 0 Å². The molecular formula is C33H65NO3Si. The molecule has 38 heavy (non-hydrogen) atoms. The Hall–Kier alpha value is 0.0569. The molecule has 0 radical (unpaired) electrons. The minimum Gasteiger partial charge on any atom is -0.370 e. The van der Waals surface area contributed by atoms with E-state index in [2.05, 4.69) is 62.3 Å². The second-order valence-corrected chi connectivity index (χ2v) is 17.6. The molecule has 0 aliphatic heterocycles. The summed E-state index contributed by atoms with van der Waals surface area (Å²) in [4.78, 5) is 0. The van der Waals surface area contributed by atoms with Gasteiger partial charge in [0.25, 0.3) is 0 Å². The molecule has 224 valence electrons. The molecule has 0 heterocycles. The van der Waals surface area contributed by atoms with Gasteiger partial charge in [0.1, 0.15) is 0 Å². The van der Waals surface area contributed by atoms with E-state index in [1.54, 1.807) is 0 Å². The van der Waals surface area contributed by atoms with Gasteiger partial charge in [-0.1, -0.05) is 81.6 Å². The van der Waals surface area contributed by atoms with Crippen molar-refractivity contribution in [3.63, 3.8) is 0 Å². The molecule has 3 saturated carbocycles. The van der Waals surface area contributed by atoms with E-state index in [1.807, 2.05) is 0 Å². The highest BCUT2D eigenvalue weighted by Crippen LogP contribution is 2.44. The van der Waals surface area contributed by atoms with E-state index in [-0.39, 0.29) is 18.3 Å². The van der Waals surface area contributed by atoms with Crippen molar-refractivity contribution in [2.75, 3.05) is 6.54 Å². The summed E-state index contributed by atoms with van der Waals surface area (Å²) < 4.78 is 22.5. The highest BCUT2D eigenvalue weighted by molar-refractivity contribution is 6.60. The second kappa shape index (κ2) is 14.8. The molecule has 9 unspecified atom stereocenters. The molecule has 3 fully saturated rings. The van der Waals surface area contributed by atoms with Gasteiger partial charge in [0.2, 0.25) is 0 Å². The first-order valence-electron chi connectivity index (χ1n) is 16.7. The van der Waals surface area contributed by atoms with E-state index < -0.39 is 8.80 Å². The summed E-state index contributed by atoms with van der Waals surface area (Å²) in [6.07, 6.45) is 12.7.